The van der Waals surface area contributed by atoms with Gasteiger partial charge in [0.25, 0.3) is 5.91 Å². The fourth-order valence-corrected chi connectivity index (χ4v) is 2.36. The Kier molecular flexibility index (Phi) is 4.39. The Balaban J connectivity index is 1.67. The van der Waals surface area contributed by atoms with Crippen LogP contribution in [0, 0.1) is 6.92 Å². The number of aromatic nitrogens is 3. The van der Waals surface area contributed by atoms with E-state index in [9.17, 15) is 4.79 Å². The maximum absolute atomic E-state index is 12.1. The van der Waals surface area contributed by atoms with Gasteiger partial charge in [-0.25, -0.2) is 4.98 Å². The first-order valence-electron chi connectivity index (χ1n) is 7.10. The van der Waals surface area contributed by atoms with Crippen LogP contribution < -0.4 is 5.32 Å². The molecule has 1 N–H and O–H groups in total. The smallest absolute Gasteiger partial charge is 0.258 e. The summed E-state index contributed by atoms with van der Waals surface area (Å²) >= 11 is 5.98. The SMILES string of the molecule is Cc1ccc(C(=O)Nc2cn(Cc3cccc(Cl)c3)cn2)cn1. The van der Waals surface area contributed by atoms with Gasteiger partial charge in [0.05, 0.1) is 11.9 Å². The zero-order valence-corrected chi connectivity index (χ0v) is 13.3. The highest BCUT2D eigenvalue weighted by Gasteiger charge is 2.08. The first-order valence-corrected chi connectivity index (χ1v) is 7.48. The van der Waals surface area contributed by atoms with Crippen molar-refractivity contribution in [2.24, 2.45) is 0 Å². The van der Waals surface area contributed by atoms with Gasteiger partial charge in [-0.3, -0.25) is 9.78 Å². The number of benzene rings is 1. The Morgan fingerprint density at radius 1 is 1.26 bits per heavy atom. The lowest BCUT2D eigenvalue weighted by Gasteiger charge is -2.03. The predicted molar refractivity (Wildman–Crippen MR) is 89.7 cm³/mol. The predicted octanol–water partition coefficient (Wildman–Crippen LogP) is 3.54. The maximum atomic E-state index is 12.1. The lowest BCUT2D eigenvalue weighted by molar-refractivity contribution is 0.102. The van der Waals surface area contributed by atoms with E-state index in [4.69, 9.17) is 11.6 Å². The highest BCUT2D eigenvalue weighted by Crippen LogP contribution is 2.13. The minimum absolute atomic E-state index is 0.231. The largest absolute Gasteiger partial charge is 0.331 e. The third-order valence-corrected chi connectivity index (χ3v) is 3.54. The van der Waals surface area contributed by atoms with Crippen molar-refractivity contribution in [2.45, 2.75) is 13.5 Å². The van der Waals surface area contributed by atoms with Gasteiger partial charge >= 0.3 is 0 Å². The highest BCUT2D eigenvalue weighted by molar-refractivity contribution is 6.30. The number of hydrogen-bond acceptors (Lipinski definition) is 3. The summed E-state index contributed by atoms with van der Waals surface area (Å²) < 4.78 is 1.88. The van der Waals surface area contributed by atoms with Crippen molar-refractivity contribution in [3.05, 3.63) is 77.0 Å². The standard InChI is InChI=1S/C17H15ClN4O/c1-12-5-6-14(8-19-12)17(23)21-16-10-22(11-20-16)9-13-3-2-4-15(18)7-13/h2-8,10-11H,9H2,1H3,(H,21,23). The monoisotopic (exact) mass is 326 g/mol. The van der Waals surface area contributed by atoms with Gasteiger partial charge in [-0.15, -0.1) is 0 Å². The van der Waals surface area contributed by atoms with E-state index in [1.165, 1.54) is 0 Å². The molecule has 1 aromatic carbocycles. The first-order chi connectivity index (χ1) is 11.1. The van der Waals surface area contributed by atoms with E-state index >= 15 is 0 Å². The molecule has 0 spiro atoms. The summed E-state index contributed by atoms with van der Waals surface area (Å²) in [6.45, 7) is 2.51. The fraction of sp³-hybridized carbons (Fsp3) is 0.118. The quantitative estimate of drug-likeness (QED) is 0.797. The lowest BCUT2D eigenvalue weighted by atomic mass is 10.2. The molecule has 1 amide bonds. The average molecular weight is 327 g/mol. The van der Waals surface area contributed by atoms with Crippen LogP contribution in [0.1, 0.15) is 21.6 Å². The zero-order valence-electron chi connectivity index (χ0n) is 12.5. The Hall–Kier alpha value is -2.66. The summed E-state index contributed by atoms with van der Waals surface area (Å²) in [6, 6.07) is 11.2. The molecule has 5 nitrogen and oxygen atoms in total. The highest BCUT2D eigenvalue weighted by atomic mass is 35.5. The third-order valence-electron chi connectivity index (χ3n) is 3.30. The van der Waals surface area contributed by atoms with E-state index in [-0.39, 0.29) is 5.91 Å². The normalized spacial score (nSPS) is 10.5. The summed E-state index contributed by atoms with van der Waals surface area (Å²) in [7, 11) is 0. The van der Waals surface area contributed by atoms with Gasteiger partial charge in [0.2, 0.25) is 0 Å². The molecule has 116 valence electrons. The molecular formula is C17H15ClN4O. The van der Waals surface area contributed by atoms with Gasteiger partial charge in [0.15, 0.2) is 5.82 Å². The molecule has 0 aliphatic carbocycles. The molecule has 0 aliphatic heterocycles. The van der Waals surface area contributed by atoms with Crippen molar-refractivity contribution in [1.82, 2.24) is 14.5 Å². The average Bonchev–Trinajstić information content (AvgIpc) is 2.95. The maximum Gasteiger partial charge on any atom is 0.258 e. The number of nitrogens with one attached hydrogen (secondary N) is 1. The molecule has 0 saturated carbocycles. The Morgan fingerprint density at radius 2 is 2.13 bits per heavy atom. The van der Waals surface area contributed by atoms with Gasteiger partial charge in [0.1, 0.15) is 0 Å². The molecule has 2 heterocycles. The molecule has 0 unspecified atom stereocenters. The molecule has 2 aromatic heterocycles. The molecule has 0 bridgehead atoms. The molecule has 0 radical (unpaired) electrons. The van der Waals surface area contributed by atoms with E-state index in [1.54, 1.807) is 30.9 Å². The molecule has 0 fully saturated rings. The summed E-state index contributed by atoms with van der Waals surface area (Å²) in [5.74, 6) is 0.267. The zero-order chi connectivity index (χ0) is 16.2. The lowest BCUT2D eigenvalue weighted by Crippen LogP contribution is -2.12. The second kappa shape index (κ2) is 6.62. The number of halogens is 1. The van der Waals surface area contributed by atoms with E-state index < -0.39 is 0 Å². The minimum Gasteiger partial charge on any atom is -0.331 e. The van der Waals surface area contributed by atoms with E-state index in [0.29, 0.717) is 22.9 Å². The molecule has 3 aromatic rings. The number of hydrogen-bond donors (Lipinski definition) is 1. The van der Waals surface area contributed by atoms with Crippen molar-refractivity contribution in [3.63, 3.8) is 0 Å². The Bertz CT molecular complexity index is 827. The van der Waals surface area contributed by atoms with Gasteiger partial charge in [-0.2, -0.15) is 0 Å². The van der Waals surface area contributed by atoms with Crippen LogP contribution >= 0.6 is 11.6 Å². The van der Waals surface area contributed by atoms with Crippen molar-refractivity contribution in [1.29, 1.82) is 0 Å². The van der Waals surface area contributed by atoms with Crippen LogP contribution in [0.3, 0.4) is 0 Å². The van der Waals surface area contributed by atoms with Gasteiger partial charge in [0, 0.05) is 29.7 Å². The van der Waals surface area contributed by atoms with E-state index in [0.717, 1.165) is 11.3 Å². The molecule has 0 saturated heterocycles. The van der Waals surface area contributed by atoms with Crippen LogP contribution in [0.5, 0.6) is 0 Å². The number of amides is 1. The summed E-state index contributed by atoms with van der Waals surface area (Å²) in [5.41, 5.74) is 2.43. The molecule has 0 atom stereocenters. The van der Waals surface area contributed by atoms with Crippen LogP contribution in [0.25, 0.3) is 0 Å². The number of pyridine rings is 1. The van der Waals surface area contributed by atoms with E-state index in [2.05, 4.69) is 15.3 Å². The van der Waals surface area contributed by atoms with Crippen molar-refractivity contribution in [2.75, 3.05) is 5.32 Å². The number of carbonyl (C=O) groups is 1. The summed E-state index contributed by atoms with van der Waals surface area (Å²) in [4.78, 5) is 20.4. The second-order valence-electron chi connectivity index (χ2n) is 5.20. The number of rotatable bonds is 4. The Labute approximate surface area is 139 Å². The minimum atomic E-state index is -0.231. The van der Waals surface area contributed by atoms with Gasteiger partial charge in [-0.1, -0.05) is 23.7 Å². The van der Waals surface area contributed by atoms with Gasteiger partial charge in [-0.05, 0) is 36.8 Å². The number of carbonyl (C=O) groups excluding carboxylic acids is 1. The first kappa shape index (κ1) is 15.2. The molecular weight excluding hydrogens is 312 g/mol. The van der Waals surface area contributed by atoms with Crippen LogP contribution in [-0.2, 0) is 6.54 Å². The number of aryl methyl sites for hydroxylation is 1. The molecule has 3 rings (SSSR count). The topological polar surface area (TPSA) is 59.8 Å². The second-order valence-corrected chi connectivity index (χ2v) is 5.64. The summed E-state index contributed by atoms with van der Waals surface area (Å²) in [6.07, 6.45) is 5.00. The van der Waals surface area contributed by atoms with Crippen molar-refractivity contribution in [3.8, 4) is 0 Å². The van der Waals surface area contributed by atoms with Crippen LogP contribution in [0.4, 0.5) is 5.82 Å². The molecule has 23 heavy (non-hydrogen) atoms. The third kappa shape index (κ3) is 3.96. The van der Waals surface area contributed by atoms with Gasteiger partial charge < -0.3 is 9.88 Å². The molecule has 0 aliphatic rings. The number of anilines is 1. The Morgan fingerprint density at radius 3 is 2.87 bits per heavy atom. The van der Waals surface area contributed by atoms with Crippen molar-refractivity contribution < 1.29 is 4.79 Å². The summed E-state index contributed by atoms with van der Waals surface area (Å²) in [5, 5.41) is 3.46. The van der Waals surface area contributed by atoms with Crippen molar-refractivity contribution >= 4 is 23.3 Å². The molecule has 6 heteroatoms. The van der Waals surface area contributed by atoms with Crippen LogP contribution in [-0.4, -0.2) is 20.4 Å². The number of imidazole rings is 1. The fourth-order valence-electron chi connectivity index (χ4n) is 2.15. The number of nitrogens with zero attached hydrogens (tertiary/aromatic N) is 3. The van der Waals surface area contributed by atoms with Crippen LogP contribution in [0.15, 0.2) is 55.1 Å². The van der Waals surface area contributed by atoms with E-state index in [1.807, 2.05) is 35.8 Å². The van der Waals surface area contributed by atoms with Crippen LogP contribution in [0.2, 0.25) is 5.02 Å².